The van der Waals surface area contributed by atoms with Gasteiger partial charge in [0.2, 0.25) is 23.6 Å². The number of likely N-dealkylation sites (tertiary alicyclic amines) is 1. The van der Waals surface area contributed by atoms with Crippen molar-refractivity contribution in [1.82, 2.24) is 25.8 Å². The number of rotatable bonds is 22. The lowest BCUT2D eigenvalue weighted by molar-refractivity contribution is -0.146. The van der Waals surface area contributed by atoms with Gasteiger partial charge in [0.25, 0.3) is 0 Å². The number of carbonyl (C=O) groups is 4. The lowest BCUT2D eigenvalue weighted by Gasteiger charge is -2.40. The Bertz CT molecular complexity index is 1420. The Hall–Kier alpha value is -3.03. The van der Waals surface area contributed by atoms with E-state index in [0.717, 1.165) is 5.56 Å². The average molecular weight is 764 g/mol. The van der Waals surface area contributed by atoms with Gasteiger partial charge in [-0.2, -0.15) is 0 Å². The van der Waals surface area contributed by atoms with Crippen LogP contribution < -0.4 is 16.0 Å². The Morgan fingerprint density at radius 3 is 2.11 bits per heavy atom. The molecule has 13 heteroatoms. The van der Waals surface area contributed by atoms with E-state index in [1.54, 1.807) is 23.9 Å². The van der Waals surface area contributed by atoms with Gasteiger partial charge in [-0.05, 0) is 55.5 Å². The fraction of sp³-hybridized carbons (Fsp3) is 0.750. The number of benzene rings is 1. The van der Waals surface area contributed by atoms with Gasteiger partial charge in [0.15, 0.2) is 9.84 Å². The number of sulfone groups is 1. The van der Waals surface area contributed by atoms with Crippen LogP contribution in [0.15, 0.2) is 30.3 Å². The molecule has 0 aromatic heterocycles. The molecule has 0 aliphatic carbocycles. The van der Waals surface area contributed by atoms with Gasteiger partial charge in [0, 0.05) is 39.7 Å². The Morgan fingerprint density at radius 2 is 1.58 bits per heavy atom. The molecule has 1 aromatic rings. The highest BCUT2D eigenvalue weighted by atomic mass is 32.2. The summed E-state index contributed by atoms with van der Waals surface area (Å²) in [5.74, 6) is -1.65. The van der Waals surface area contributed by atoms with E-state index in [9.17, 15) is 27.6 Å². The predicted molar refractivity (Wildman–Crippen MR) is 211 cm³/mol. The van der Waals surface area contributed by atoms with E-state index in [2.05, 4.69) is 16.0 Å². The minimum Gasteiger partial charge on any atom is -0.379 e. The second kappa shape index (κ2) is 21.8. The molecule has 7 atom stereocenters. The Balaban J connectivity index is 2.33. The molecule has 1 fully saturated rings. The number of likely N-dealkylation sites (N-methyl/N-ethyl adjacent to an activating group) is 2. The average Bonchev–Trinajstić information content (AvgIpc) is 3.58. The quantitative estimate of drug-likeness (QED) is 0.161. The van der Waals surface area contributed by atoms with Crippen molar-refractivity contribution in [1.29, 1.82) is 0 Å². The van der Waals surface area contributed by atoms with E-state index in [1.165, 1.54) is 7.11 Å². The molecule has 1 aromatic carbocycles. The largest absolute Gasteiger partial charge is 0.379 e. The van der Waals surface area contributed by atoms with Crippen molar-refractivity contribution >= 4 is 33.5 Å². The summed E-state index contributed by atoms with van der Waals surface area (Å²) in [4.78, 5) is 58.1. The summed E-state index contributed by atoms with van der Waals surface area (Å²) in [6, 6.07) is 7.31. The second-order valence-corrected chi connectivity index (χ2v) is 18.2. The molecule has 1 aliphatic rings. The first-order valence-corrected chi connectivity index (χ1v) is 21.2. The normalized spacial score (nSPS) is 18.4. The molecule has 7 unspecified atom stereocenters. The van der Waals surface area contributed by atoms with E-state index in [1.807, 2.05) is 85.7 Å². The number of hydrogen-bond acceptors (Lipinski definition) is 8. The molecule has 302 valence electrons. The van der Waals surface area contributed by atoms with Crippen molar-refractivity contribution in [2.45, 2.75) is 129 Å². The molecule has 0 spiro atoms. The molecule has 4 amide bonds. The molecular weight excluding hydrogens is 695 g/mol. The minimum absolute atomic E-state index is 0.0146. The maximum absolute atomic E-state index is 14.2. The third-order valence-corrected chi connectivity index (χ3v) is 13.1. The van der Waals surface area contributed by atoms with Crippen molar-refractivity contribution in [3.05, 3.63) is 35.9 Å². The molecule has 0 bridgehead atoms. The van der Waals surface area contributed by atoms with Crippen LogP contribution in [0.1, 0.15) is 93.1 Å². The van der Waals surface area contributed by atoms with Crippen LogP contribution in [-0.4, -0.2) is 117 Å². The van der Waals surface area contributed by atoms with Crippen LogP contribution >= 0.6 is 0 Å². The maximum atomic E-state index is 14.2. The minimum atomic E-state index is -3.76. The summed E-state index contributed by atoms with van der Waals surface area (Å²) in [7, 11) is 1.18. The van der Waals surface area contributed by atoms with Crippen LogP contribution in [0.4, 0.5) is 0 Å². The molecular formula is C40H69N5O7S. The summed E-state index contributed by atoms with van der Waals surface area (Å²) in [5.41, 5.74) is 1.07. The Labute approximate surface area is 319 Å². The van der Waals surface area contributed by atoms with E-state index in [-0.39, 0.29) is 65.9 Å². The third kappa shape index (κ3) is 13.3. The summed E-state index contributed by atoms with van der Waals surface area (Å²) >= 11 is 0. The van der Waals surface area contributed by atoms with Crippen molar-refractivity contribution < 1.29 is 32.3 Å². The summed E-state index contributed by atoms with van der Waals surface area (Å²) < 4.78 is 33.7. The second-order valence-electron chi connectivity index (χ2n) is 15.9. The van der Waals surface area contributed by atoms with Gasteiger partial charge >= 0.3 is 0 Å². The van der Waals surface area contributed by atoms with Crippen LogP contribution in [0, 0.1) is 23.7 Å². The standard InChI is InChI=1S/C40H69N5O7S/c1-12-29(8)38(44(10)40(49)37(28(6)7)43-39(48)36(41-9)27(4)5)32(52-11)23-35(47)45-22-16-19-31(45)33(53(50,51)25-26(2)3)24-34(46)42-21-20-30-17-14-13-15-18-30/h13-15,17-18,26-29,31-33,36-38,41H,12,16,19-25H2,1-11H3,(H,42,46)(H,43,48). The van der Waals surface area contributed by atoms with E-state index >= 15 is 0 Å². The molecule has 1 aliphatic heterocycles. The van der Waals surface area contributed by atoms with Gasteiger partial charge in [0.05, 0.1) is 35.6 Å². The monoisotopic (exact) mass is 763 g/mol. The first-order chi connectivity index (χ1) is 24.9. The zero-order valence-electron chi connectivity index (χ0n) is 34.2. The lowest BCUT2D eigenvalue weighted by atomic mass is 9.89. The number of nitrogens with zero attached hydrogens (tertiary/aromatic N) is 2. The molecule has 0 radical (unpaired) electrons. The summed E-state index contributed by atoms with van der Waals surface area (Å²) in [5, 5.41) is 7.86. The molecule has 12 nitrogen and oxygen atoms in total. The number of nitrogens with one attached hydrogen (secondary N) is 3. The van der Waals surface area contributed by atoms with Crippen LogP contribution in [0.3, 0.4) is 0 Å². The fourth-order valence-electron chi connectivity index (χ4n) is 7.59. The van der Waals surface area contributed by atoms with Gasteiger partial charge in [0.1, 0.15) is 6.04 Å². The Morgan fingerprint density at radius 1 is 0.962 bits per heavy atom. The van der Waals surface area contributed by atoms with Gasteiger partial charge in [-0.3, -0.25) is 19.2 Å². The predicted octanol–water partition coefficient (Wildman–Crippen LogP) is 3.83. The maximum Gasteiger partial charge on any atom is 0.245 e. The first-order valence-electron chi connectivity index (χ1n) is 19.5. The van der Waals surface area contributed by atoms with Gasteiger partial charge in [-0.1, -0.05) is 92.1 Å². The number of hydrogen-bond donors (Lipinski definition) is 3. The highest BCUT2D eigenvalue weighted by Crippen LogP contribution is 2.30. The highest BCUT2D eigenvalue weighted by molar-refractivity contribution is 7.92. The summed E-state index contributed by atoms with van der Waals surface area (Å²) in [6.45, 7) is 16.1. The molecule has 3 N–H and O–H groups in total. The van der Waals surface area contributed by atoms with E-state index in [4.69, 9.17) is 4.74 Å². The Kier molecular flexibility index (Phi) is 18.9. The first kappa shape index (κ1) is 46.1. The van der Waals surface area contributed by atoms with Crippen LogP contribution in [0.5, 0.6) is 0 Å². The topological polar surface area (TPSA) is 154 Å². The molecule has 1 saturated heterocycles. The lowest BCUT2D eigenvalue weighted by Crippen LogP contribution is -2.59. The zero-order valence-corrected chi connectivity index (χ0v) is 35.0. The van der Waals surface area contributed by atoms with E-state index in [0.29, 0.717) is 38.8 Å². The number of amides is 4. The van der Waals surface area contributed by atoms with Gasteiger partial charge in [-0.15, -0.1) is 0 Å². The molecule has 0 saturated carbocycles. The molecule has 1 heterocycles. The number of ether oxygens (including phenoxy) is 1. The zero-order chi connectivity index (χ0) is 40.0. The van der Waals surface area contributed by atoms with Gasteiger partial charge < -0.3 is 30.5 Å². The number of methoxy groups -OCH3 is 1. The van der Waals surface area contributed by atoms with E-state index < -0.39 is 45.4 Å². The highest BCUT2D eigenvalue weighted by Gasteiger charge is 2.44. The third-order valence-electron chi connectivity index (χ3n) is 10.6. The van der Waals surface area contributed by atoms with Crippen molar-refractivity contribution in [2.75, 3.05) is 40.0 Å². The number of carbonyl (C=O) groups excluding carboxylic acids is 4. The summed E-state index contributed by atoms with van der Waals surface area (Å²) in [6.07, 6.45) is 1.39. The van der Waals surface area contributed by atoms with Crippen LogP contribution in [0.2, 0.25) is 0 Å². The molecule has 2 rings (SSSR count). The van der Waals surface area contributed by atoms with Gasteiger partial charge in [-0.25, -0.2) is 8.42 Å². The smallest absolute Gasteiger partial charge is 0.245 e. The van der Waals surface area contributed by atoms with Crippen LogP contribution in [-0.2, 0) is 40.2 Å². The van der Waals surface area contributed by atoms with Crippen molar-refractivity contribution in [2.24, 2.45) is 23.7 Å². The SMILES string of the molecule is CCC(C)C(C(CC(=O)N1CCCC1C(CC(=O)NCCc1ccccc1)S(=O)(=O)CC(C)C)OC)N(C)C(=O)C(NC(=O)C(NC)C(C)C)C(C)C. The fourth-order valence-corrected chi connectivity index (χ4v) is 9.93. The van der Waals surface area contributed by atoms with Crippen molar-refractivity contribution in [3.63, 3.8) is 0 Å². The van der Waals surface area contributed by atoms with Crippen molar-refractivity contribution in [3.8, 4) is 0 Å². The molecule has 53 heavy (non-hydrogen) atoms. The van der Waals surface area contributed by atoms with Crippen LogP contribution in [0.25, 0.3) is 0 Å².